The first-order chi connectivity index (χ1) is 14.7. The van der Waals surface area contributed by atoms with Crippen molar-refractivity contribution >= 4 is 25.2 Å². The first-order valence-electron chi connectivity index (χ1n) is 13.2. The number of ether oxygens (including phenoxy) is 2. The highest BCUT2D eigenvalue weighted by molar-refractivity contribution is 6.92. The molecule has 1 fully saturated rings. The third kappa shape index (κ3) is 7.25. The monoisotopic (exact) mass is 504 g/mol. The molecule has 0 aliphatic carbocycles. The molecule has 1 heterocycles. The molecule has 192 valence electrons. The zero-order valence-corrected chi connectivity index (χ0v) is 26.7. The molecular weight excluding hydrogens is 449 g/mol. The minimum Gasteiger partial charge on any atom is -0.435 e. The van der Waals surface area contributed by atoms with Gasteiger partial charge in [0.15, 0.2) is 16.6 Å². The van der Waals surface area contributed by atoms with E-state index in [-0.39, 0.29) is 0 Å². The molecule has 1 saturated heterocycles. The van der Waals surface area contributed by atoms with Gasteiger partial charge in [-0.3, -0.25) is 0 Å². The van der Waals surface area contributed by atoms with Gasteiger partial charge in [-0.25, -0.2) is 0 Å². The van der Waals surface area contributed by atoms with Crippen LogP contribution in [0.4, 0.5) is 0 Å². The lowest BCUT2D eigenvalue weighted by atomic mass is 10.5. The van der Waals surface area contributed by atoms with Crippen molar-refractivity contribution < 1.29 is 17.7 Å². The lowest BCUT2D eigenvalue weighted by Crippen LogP contribution is -2.63. The van der Waals surface area contributed by atoms with E-state index in [1.807, 2.05) is 0 Å². The fourth-order valence-electron chi connectivity index (χ4n) is 6.45. The van der Waals surface area contributed by atoms with E-state index in [4.69, 9.17) is 17.7 Å². The van der Waals surface area contributed by atoms with Gasteiger partial charge in [0, 0.05) is 6.61 Å². The highest BCUT2D eigenvalue weighted by atomic mass is 28.5. The molecule has 0 amide bonds. The van der Waals surface area contributed by atoms with Gasteiger partial charge in [-0.05, 0) is 52.3 Å². The molecule has 0 aromatic rings. The van der Waals surface area contributed by atoms with Gasteiger partial charge >= 0.3 is 8.56 Å². The summed E-state index contributed by atoms with van der Waals surface area (Å²) in [6.45, 7) is 33.4. The summed E-state index contributed by atoms with van der Waals surface area (Å²) in [5.41, 5.74) is 3.39. The first kappa shape index (κ1) is 30.5. The van der Waals surface area contributed by atoms with Gasteiger partial charge in [0.1, 0.15) is 6.10 Å². The molecule has 7 heteroatoms. The van der Waals surface area contributed by atoms with Crippen LogP contribution in [0.3, 0.4) is 0 Å². The summed E-state index contributed by atoms with van der Waals surface area (Å²) in [6.07, 6.45) is 1.34. The summed E-state index contributed by atoms with van der Waals surface area (Å²) in [4.78, 5) is 0. The standard InChI is InChI=1S/C25H56O4Si3/c1-19(2)31(20(3)4,21(5)6)28-30(13,16-14-15-26-17-25-18-27-25)29-32(22(7)8,23(9)10)24(11)12/h19-25H,14-18H2,1-13H3. The maximum absolute atomic E-state index is 7.57. The fraction of sp³-hybridized carbons (Fsp3) is 1.00. The van der Waals surface area contributed by atoms with Crippen molar-refractivity contribution in [2.24, 2.45) is 0 Å². The van der Waals surface area contributed by atoms with Crippen LogP contribution in [0, 0.1) is 0 Å². The van der Waals surface area contributed by atoms with Crippen LogP contribution in [0.25, 0.3) is 0 Å². The van der Waals surface area contributed by atoms with Crippen molar-refractivity contribution in [3.8, 4) is 0 Å². The Morgan fingerprint density at radius 3 is 1.31 bits per heavy atom. The van der Waals surface area contributed by atoms with Crippen molar-refractivity contribution in [3.63, 3.8) is 0 Å². The second kappa shape index (κ2) is 12.5. The van der Waals surface area contributed by atoms with Gasteiger partial charge in [0.25, 0.3) is 0 Å². The van der Waals surface area contributed by atoms with Gasteiger partial charge in [-0.1, -0.05) is 83.1 Å². The second-order valence-corrected chi connectivity index (χ2v) is 26.9. The number of hydrogen-bond donors (Lipinski definition) is 0. The highest BCUT2D eigenvalue weighted by Gasteiger charge is 2.55. The number of hydrogen-bond acceptors (Lipinski definition) is 4. The molecule has 1 unspecified atom stereocenters. The van der Waals surface area contributed by atoms with E-state index in [9.17, 15) is 0 Å². The van der Waals surface area contributed by atoms with E-state index in [1.54, 1.807) is 0 Å². The molecule has 4 nitrogen and oxygen atoms in total. The van der Waals surface area contributed by atoms with Gasteiger partial charge in [0.2, 0.25) is 0 Å². The van der Waals surface area contributed by atoms with Crippen molar-refractivity contribution in [2.75, 3.05) is 19.8 Å². The van der Waals surface area contributed by atoms with E-state index in [0.29, 0.717) is 39.4 Å². The Morgan fingerprint density at radius 1 is 0.688 bits per heavy atom. The lowest BCUT2D eigenvalue weighted by Gasteiger charge is -2.53. The topological polar surface area (TPSA) is 40.2 Å². The molecule has 0 spiro atoms. The zero-order chi connectivity index (χ0) is 24.9. The molecule has 1 atom stereocenters. The summed E-state index contributed by atoms with van der Waals surface area (Å²) in [5.74, 6) is 0. The third-order valence-corrected chi connectivity index (χ3v) is 26.2. The summed E-state index contributed by atoms with van der Waals surface area (Å²) >= 11 is 0. The Hall–Kier alpha value is 0.491. The molecule has 0 N–H and O–H groups in total. The predicted octanol–water partition coefficient (Wildman–Crippen LogP) is 8.25. The van der Waals surface area contributed by atoms with Crippen molar-refractivity contribution in [3.05, 3.63) is 0 Å². The molecule has 0 aromatic heterocycles. The Morgan fingerprint density at radius 2 is 1.03 bits per heavy atom. The van der Waals surface area contributed by atoms with E-state index in [0.717, 1.165) is 32.3 Å². The van der Waals surface area contributed by atoms with E-state index in [1.165, 1.54) is 0 Å². The fourth-order valence-corrected chi connectivity index (χ4v) is 28.2. The lowest BCUT2D eigenvalue weighted by molar-refractivity contribution is 0.115. The first-order valence-corrected chi connectivity index (χ1v) is 20.1. The molecule has 0 bridgehead atoms. The van der Waals surface area contributed by atoms with Gasteiger partial charge in [-0.15, -0.1) is 0 Å². The third-order valence-electron chi connectivity index (χ3n) is 7.83. The molecular formula is C25H56O4Si3. The minimum atomic E-state index is -2.45. The number of epoxide rings is 1. The molecule has 1 aliphatic rings. The average molecular weight is 505 g/mol. The van der Waals surface area contributed by atoms with Crippen LogP contribution in [0.15, 0.2) is 0 Å². The van der Waals surface area contributed by atoms with Gasteiger partial charge in [-0.2, -0.15) is 0 Å². The smallest absolute Gasteiger partial charge is 0.314 e. The summed E-state index contributed by atoms with van der Waals surface area (Å²) in [7, 11) is -6.54. The van der Waals surface area contributed by atoms with Crippen LogP contribution >= 0.6 is 0 Å². The summed E-state index contributed by atoms with van der Waals surface area (Å²) in [5, 5.41) is 0. The molecule has 0 radical (unpaired) electrons. The van der Waals surface area contributed by atoms with Gasteiger partial charge in [0.05, 0.1) is 13.2 Å². The average Bonchev–Trinajstić information content (AvgIpc) is 3.46. The van der Waals surface area contributed by atoms with Crippen molar-refractivity contribution in [1.29, 1.82) is 0 Å². The van der Waals surface area contributed by atoms with Crippen LogP contribution in [0.1, 0.15) is 89.5 Å². The Bertz CT molecular complexity index is 468. The van der Waals surface area contributed by atoms with Crippen LogP contribution in [0.2, 0.25) is 45.8 Å². The van der Waals surface area contributed by atoms with Crippen molar-refractivity contribution in [2.45, 2.75) is 141 Å². The second-order valence-electron chi connectivity index (χ2n) is 12.1. The van der Waals surface area contributed by atoms with Crippen LogP contribution in [-0.4, -0.2) is 51.1 Å². The Kier molecular flexibility index (Phi) is 11.9. The van der Waals surface area contributed by atoms with Crippen molar-refractivity contribution in [1.82, 2.24) is 0 Å². The summed E-state index contributed by atoms with van der Waals surface area (Å²) in [6, 6.07) is 1.01. The molecule has 0 aromatic carbocycles. The van der Waals surface area contributed by atoms with E-state index in [2.05, 4.69) is 89.6 Å². The normalized spacial score (nSPS) is 18.3. The molecule has 1 rings (SSSR count). The van der Waals surface area contributed by atoms with Crippen LogP contribution < -0.4 is 0 Å². The van der Waals surface area contributed by atoms with E-state index >= 15 is 0 Å². The maximum atomic E-state index is 7.57. The molecule has 32 heavy (non-hydrogen) atoms. The van der Waals surface area contributed by atoms with E-state index < -0.39 is 25.2 Å². The highest BCUT2D eigenvalue weighted by Crippen LogP contribution is 2.49. The Balaban J connectivity index is 3.28. The largest absolute Gasteiger partial charge is 0.435 e. The zero-order valence-electron chi connectivity index (χ0n) is 23.7. The molecule has 1 aliphatic heterocycles. The maximum Gasteiger partial charge on any atom is 0.314 e. The van der Waals surface area contributed by atoms with Gasteiger partial charge < -0.3 is 17.7 Å². The van der Waals surface area contributed by atoms with Crippen LogP contribution in [-0.2, 0) is 17.7 Å². The predicted molar refractivity (Wildman–Crippen MR) is 146 cm³/mol. The van der Waals surface area contributed by atoms with Crippen LogP contribution in [0.5, 0.6) is 0 Å². The molecule has 0 saturated carbocycles. The quantitative estimate of drug-likeness (QED) is 0.120. The Labute approximate surface area is 204 Å². The minimum absolute atomic E-state index is 0.330. The number of rotatable bonds is 16. The SMILES string of the molecule is CC(C)[Si](O[Si](C)(CCCOCC1CO1)O[Si](C(C)C)(C(C)C)C(C)C)(C(C)C)C(C)C. The summed E-state index contributed by atoms with van der Waals surface area (Å²) < 4.78 is 26.3.